The Morgan fingerprint density at radius 1 is 0.216 bits per heavy atom. The first kappa shape index (κ1) is 104. The van der Waals surface area contributed by atoms with Gasteiger partial charge in [-0.3, -0.25) is 0 Å². The van der Waals surface area contributed by atoms with Gasteiger partial charge in [-0.1, -0.05) is 201 Å². The smallest absolute Gasteiger partial charge is 0.123 e. The summed E-state index contributed by atoms with van der Waals surface area (Å²) in [5.74, 6) is 0.832. The maximum absolute atomic E-state index is 12.9. The summed E-state index contributed by atoms with van der Waals surface area (Å²) in [5, 5.41) is 0. The molecule has 12 aromatic carbocycles. The molecule has 8 aromatic heterocycles. The Labute approximate surface area is 880 Å². The van der Waals surface area contributed by atoms with E-state index in [9.17, 15) is 4.39 Å². The van der Waals surface area contributed by atoms with Crippen molar-refractivity contribution in [2.75, 3.05) is 0 Å². The zero-order chi connectivity index (χ0) is 97.0. The summed E-state index contributed by atoms with van der Waals surface area (Å²) in [4.78, 5) is 35.1. The van der Waals surface area contributed by atoms with Crippen molar-refractivity contribution in [3.8, 4) is 135 Å². The fourth-order valence-corrected chi connectivity index (χ4v) is 14.2. The van der Waals surface area contributed by atoms with Gasteiger partial charge in [0.1, 0.15) is 5.82 Å². The average molecular weight is 2520 g/mol. The molecule has 0 saturated carbocycles. The molecule has 702 valence electrons. The van der Waals surface area contributed by atoms with E-state index in [4.69, 9.17) is 4.11 Å². The zero-order valence-electron chi connectivity index (χ0n) is 82.3. The molecule has 8 heterocycles. The van der Waals surface area contributed by atoms with Gasteiger partial charge in [-0.25, -0.2) is 4.39 Å². The maximum atomic E-state index is 12.9. The van der Waals surface area contributed by atoms with Crippen LogP contribution in [-0.4, -0.2) is 39.9 Å². The van der Waals surface area contributed by atoms with Crippen molar-refractivity contribution in [3.63, 3.8) is 0 Å². The monoisotopic (exact) mass is 2530 g/mol. The van der Waals surface area contributed by atoms with Crippen LogP contribution in [0.2, 0.25) is 0 Å². The van der Waals surface area contributed by atoms with Crippen LogP contribution in [0.5, 0.6) is 0 Å². The van der Waals surface area contributed by atoms with Gasteiger partial charge in [0.25, 0.3) is 0 Å². The minimum atomic E-state index is -2.09. The van der Waals surface area contributed by atoms with Gasteiger partial charge >= 0.3 is 0 Å². The van der Waals surface area contributed by atoms with Gasteiger partial charge in [0.15, 0.2) is 0 Å². The van der Waals surface area contributed by atoms with Crippen molar-refractivity contribution >= 4 is 0 Å². The number of nitrogens with zero attached hydrogens (tertiary/aromatic N) is 8. The van der Waals surface area contributed by atoms with Crippen molar-refractivity contribution in [1.29, 1.82) is 0 Å². The zero-order valence-corrected chi connectivity index (χ0v) is 88.9. The Morgan fingerprint density at radius 3 is 0.770 bits per heavy atom. The Hall–Kier alpha value is -13.6. The molecule has 0 fully saturated rings. The molecule has 0 N–H and O–H groups in total. The first-order valence-corrected chi connectivity index (χ1v) is 44.9. The molecular weight excluding hydrogens is 2410 g/mol. The van der Waals surface area contributed by atoms with Crippen LogP contribution in [-0.2, 0) is 80.4 Å². The average Bonchev–Trinajstić information content (AvgIpc) is 0.848. The molecule has 139 heavy (non-hydrogen) atoms. The van der Waals surface area contributed by atoms with Crippen LogP contribution in [0.4, 0.5) is 4.39 Å². The van der Waals surface area contributed by atoms with E-state index in [1.54, 1.807) is 36.5 Å². The predicted molar refractivity (Wildman–Crippen MR) is 556 cm³/mol. The van der Waals surface area contributed by atoms with Crippen LogP contribution >= 0.6 is 0 Å². The minimum absolute atomic E-state index is 0. The van der Waals surface area contributed by atoms with E-state index in [-0.39, 0.29) is 91.8 Å². The second-order valence-corrected chi connectivity index (χ2v) is 32.8. The minimum Gasteiger partial charge on any atom is -0.305 e. The van der Waals surface area contributed by atoms with E-state index in [1.165, 1.54) is 102 Å². The fraction of sp³-hybridized carbons (Fsp3) is 0.111. The number of benzene rings is 12. The molecular formula is C126H107FIr4N8-8. The van der Waals surface area contributed by atoms with Crippen LogP contribution in [0.1, 0.15) is 99.3 Å². The molecule has 13 heteroatoms. The van der Waals surface area contributed by atoms with E-state index in [0.717, 1.165) is 101 Å². The molecule has 20 rings (SSSR count). The van der Waals surface area contributed by atoms with Gasteiger partial charge in [0.05, 0.1) is 0 Å². The first-order chi connectivity index (χ1) is 67.0. The Kier molecular flexibility index (Phi) is 42.7. The molecule has 0 aliphatic rings. The molecule has 0 amide bonds. The number of aromatic nitrogens is 8. The van der Waals surface area contributed by atoms with E-state index in [2.05, 4.69) is 274 Å². The normalized spacial score (nSPS) is 10.5. The second-order valence-electron chi connectivity index (χ2n) is 32.8. The van der Waals surface area contributed by atoms with Crippen molar-refractivity contribution in [2.24, 2.45) is 0 Å². The molecule has 8 nitrogen and oxygen atoms in total. The van der Waals surface area contributed by atoms with Crippen LogP contribution in [0.15, 0.2) is 420 Å². The third kappa shape index (κ3) is 33.6. The number of hydrogen-bond acceptors (Lipinski definition) is 8. The molecule has 0 spiro atoms. The van der Waals surface area contributed by atoms with E-state index in [0.29, 0.717) is 11.8 Å². The van der Waals surface area contributed by atoms with Gasteiger partial charge < -0.3 is 39.9 Å². The molecule has 0 bridgehead atoms. The van der Waals surface area contributed by atoms with Gasteiger partial charge in [-0.15, -0.1) is 287 Å². The topological polar surface area (TPSA) is 103 Å². The summed E-state index contributed by atoms with van der Waals surface area (Å²) < 4.78 is 34.6. The van der Waals surface area contributed by atoms with Gasteiger partial charge in [-0.05, 0) is 215 Å². The van der Waals surface area contributed by atoms with E-state index in [1.807, 2.05) is 256 Å². The maximum Gasteiger partial charge on any atom is 0.123 e. The van der Waals surface area contributed by atoms with Crippen molar-refractivity contribution in [1.82, 2.24) is 39.9 Å². The van der Waals surface area contributed by atoms with Crippen molar-refractivity contribution in [2.45, 2.75) is 94.8 Å². The number of rotatable bonds is 14. The third-order valence-corrected chi connectivity index (χ3v) is 21.9. The fourth-order valence-electron chi connectivity index (χ4n) is 14.2. The second kappa shape index (κ2) is 56.9. The molecule has 0 aliphatic heterocycles. The largest absolute Gasteiger partial charge is 0.305 e. The third-order valence-electron chi connectivity index (χ3n) is 21.9. The van der Waals surface area contributed by atoms with E-state index >= 15 is 0 Å². The molecule has 0 unspecified atom stereocenters. The number of pyridine rings is 8. The summed E-state index contributed by atoms with van der Waals surface area (Å²) >= 11 is 0. The van der Waals surface area contributed by atoms with Crippen LogP contribution in [0, 0.1) is 110 Å². The van der Waals surface area contributed by atoms with E-state index < -0.39 is 6.85 Å². The van der Waals surface area contributed by atoms with Gasteiger partial charge in [-0.2, -0.15) is 0 Å². The molecule has 0 saturated heterocycles. The first-order valence-electron chi connectivity index (χ1n) is 46.4. The SMILES string of the molecule is Cc1cc(-c2[c-]cccc2)ncc1C(C)C.Cc1ccc(-c2ccnc(-c3[c-]cccc3)c2)cc1.Cc1ccc(-c2ccnc(-c3[c-]cccc3)c2)cc1.Cc1ccc(-c2ccnc(-c3[c-]cccc3)c2)cc1.Cc1cnc(-c2[c-]cccc2)cc1C.Cc1cnc(-c2[c-]cccc2)cc1C(C)C.Fc1ccc(-c2ccc(-c3[c-]cccc3)nc2)cc1.[2H]C([2H])([2H])c1ccc(-c2[c-]cccc2)nc1.[Ir].[Ir].[Ir].[Ir]. The van der Waals surface area contributed by atoms with Crippen molar-refractivity contribution in [3.05, 3.63) is 530 Å². The summed E-state index contributed by atoms with van der Waals surface area (Å²) in [6.45, 7) is 21.4. The molecule has 4 radical (unpaired) electrons. The quantitative estimate of drug-likeness (QED) is 0.0992. The number of hydrogen-bond donors (Lipinski definition) is 0. The Bertz CT molecular complexity index is 6820. The molecule has 0 atom stereocenters. The van der Waals surface area contributed by atoms with Gasteiger partial charge in [0, 0.05) is 134 Å². The molecule has 20 aromatic rings. The summed E-state index contributed by atoms with van der Waals surface area (Å²) in [7, 11) is 0. The van der Waals surface area contributed by atoms with Crippen molar-refractivity contribution < 1.29 is 88.9 Å². The van der Waals surface area contributed by atoms with Crippen LogP contribution in [0.3, 0.4) is 0 Å². The summed E-state index contributed by atoms with van der Waals surface area (Å²) in [6.07, 6.45) is 14.6. The predicted octanol–water partition coefficient (Wildman–Crippen LogP) is 31.9. The molecule has 0 aliphatic carbocycles. The summed E-state index contributed by atoms with van der Waals surface area (Å²) in [6, 6.07) is 146. The Balaban J connectivity index is 0.000000181. The van der Waals surface area contributed by atoms with Crippen LogP contribution in [0.25, 0.3) is 135 Å². The number of halogens is 1. The standard InChI is InChI=1S/3C18H14N.C17H11FN.2C15H16N.C13H12N.C12H10N.4Ir/c3*1-14-7-9-15(10-8-14)17-11-12-19-18(13-17)16-5-3-2-4-6-16;18-16-9-6-13(7-10-16)15-8-11-17(19-12-15)14-4-2-1-3-5-14;1-11(2)14-9-15(16-10-12(14)3)13-7-5-4-6-8-13;1-11(2)14-10-16-15(9-12(14)3)13-7-5-4-6-8-13;1-10-8-13(14-9-11(10)2)12-6-4-3-5-7-12;1-10-7-8-12(13-9-10)11-5-3-2-4-6-11;;;;/h3*2-5,7-13H,1H3;1-4,6-12H;2*4-7,9-11H,1-3H3;3-6,8-9H,1-2H3;2-5,7-9H,1H3;;;;/q8*-1;;;;/i;;;;;;;1D3;;;;. The Morgan fingerprint density at radius 2 is 0.482 bits per heavy atom. The van der Waals surface area contributed by atoms with Gasteiger partial charge in [0.2, 0.25) is 0 Å². The number of aryl methyl sites for hydroxylation is 8. The summed E-state index contributed by atoms with van der Waals surface area (Å²) in [5.41, 5.74) is 36.5. The van der Waals surface area contributed by atoms with Crippen LogP contribution < -0.4 is 0 Å².